The molecule has 7 nitrogen and oxygen atoms in total. The van der Waals surface area contributed by atoms with Gasteiger partial charge >= 0.3 is 0 Å². The van der Waals surface area contributed by atoms with Crippen molar-refractivity contribution in [3.63, 3.8) is 0 Å². The Morgan fingerprint density at radius 3 is 2.68 bits per heavy atom. The standard InChI is InChI=1S/C21H23N3O4/c1-3-4-13-22-19(25)14-27-18-8-6-5-7-17(18)21-23-20(24-28-21)15-9-11-16(26-2)12-10-15/h5-12H,3-4,13-14H2,1-2H3,(H,22,25). The molecule has 146 valence electrons. The quantitative estimate of drug-likeness (QED) is 0.569. The van der Waals surface area contributed by atoms with Gasteiger partial charge in [0, 0.05) is 12.1 Å². The number of hydrogen-bond donors (Lipinski definition) is 1. The van der Waals surface area contributed by atoms with Crippen LogP contribution in [0, 0.1) is 0 Å². The third-order valence-corrected chi connectivity index (χ3v) is 4.10. The minimum absolute atomic E-state index is 0.0692. The number of nitrogens with zero attached hydrogens (tertiary/aromatic N) is 2. The molecule has 0 aliphatic rings. The third-order valence-electron chi connectivity index (χ3n) is 4.10. The summed E-state index contributed by atoms with van der Waals surface area (Å²) in [5.41, 5.74) is 1.45. The molecule has 1 amide bonds. The lowest BCUT2D eigenvalue weighted by molar-refractivity contribution is -0.123. The molecule has 0 unspecified atom stereocenters. The number of carbonyl (C=O) groups excluding carboxylic acids is 1. The number of para-hydroxylation sites is 1. The van der Waals surface area contributed by atoms with Gasteiger partial charge in [-0.15, -0.1) is 0 Å². The monoisotopic (exact) mass is 381 g/mol. The highest BCUT2D eigenvalue weighted by atomic mass is 16.5. The van der Waals surface area contributed by atoms with E-state index < -0.39 is 0 Å². The molecule has 2 aromatic carbocycles. The van der Waals surface area contributed by atoms with Gasteiger partial charge < -0.3 is 19.3 Å². The van der Waals surface area contributed by atoms with Crippen molar-refractivity contribution >= 4 is 5.91 Å². The number of ether oxygens (including phenoxy) is 2. The van der Waals surface area contributed by atoms with E-state index in [1.807, 2.05) is 42.5 Å². The van der Waals surface area contributed by atoms with Crippen LogP contribution in [0.1, 0.15) is 19.8 Å². The fraction of sp³-hybridized carbons (Fsp3) is 0.286. The fourth-order valence-electron chi connectivity index (χ4n) is 2.56. The van der Waals surface area contributed by atoms with Crippen molar-refractivity contribution in [3.05, 3.63) is 48.5 Å². The first-order valence-corrected chi connectivity index (χ1v) is 9.18. The van der Waals surface area contributed by atoms with Crippen LogP contribution in [0.5, 0.6) is 11.5 Å². The van der Waals surface area contributed by atoms with Gasteiger partial charge in [0.1, 0.15) is 11.5 Å². The van der Waals surface area contributed by atoms with Crippen LogP contribution in [-0.2, 0) is 4.79 Å². The molecule has 0 aliphatic heterocycles. The summed E-state index contributed by atoms with van der Waals surface area (Å²) >= 11 is 0. The summed E-state index contributed by atoms with van der Waals surface area (Å²) in [5, 5.41) is 6.87. The van der Waals surface area contributed by atoms with Crippen LogP contribution in [0.3, 0.4) is 0 Å². The predicted molar refractivity (Wildman–Crippen MR) is 105 cm³/mol. The summed E-state index contributed by atoms with van der Waals surface area (Å²) < 4.78 is 16.2. The number of unbranched alkanes of at least 4 members (excludes halogenated alkanes) is 1. The lowest BCUT2D eigenvalue weighted by Crippen LogP contribution is -2.29. The van der Waals surface area contributed by atoms with Gasteiger partial charge in [0.2, 0.25) is 5.82 Å². The molecule has 0 aliphatic carbocycles. The molecule has 0 spiro atoms. The van der Waals surface area contributed by atoms with Gasteiger partial charge in [-0.1, -0.05) is 30.6 Å². The maximum absolute atomic E-state index is 11.9. The number of nitrogens with one attached hydrogen (secondary N) is 1. The average molecular weight is 381 g/mol. The van der Waals surface area contributed by atoms with E-state index in [1.54, 1.807) is 13.2 Å². The molecule has 0 fully saturated rings. The van der Waals surface area contributed by atoms with Gasteiger partial charge in [-0.05, 0) is 42.8 Å². The normalized spacial score (nSPS) is 10.5. The van der Waals surface area contributed by atoms with Gasteiger partial charge in [-0.2, -0.15) is 4.98 Å². The highest BCUT2D eigenvalue weighted by molar-refractivity contribution is 5.78. The number of methoxy groups -OCH3 is 1. The van der Waals surface area contributed by atoms with Crippen LogP contribution in [-0.4, -0.2) is 36.3 Å². The lowest BCUT2D eigenvalue weighted by Gasteiger charge is -2.09. The van der Waals surface area contributed by atoms with Crippen molar-refractivity contribution in [2.24, 2.45) is 0 Å². The number of aromatic nitrogens is 2. The molecule has 0 saturated heterocycles. The van der Waals surface area contributed by atoms with Crippen molar-refractivity contribution in [3.8, 4) is 34.3 Å². The average Bonchev–Trinajstić information content (AvgIpc) is 3.23. The van der Waals surface area contributed by atoms with Crippen LogP contribution >= 0.6 is 0 Å². The smallest absolute Gasteiger partial charge is 0.262 e. The van der Waals surface area contributed by atoms with E-state index in [0.29, 0.717) is 29.6 Å². The Bertz CT molecular complexity index is 906. The van der Waals surface area contributed by atoms with E-state index in [0.717, 1.165) is 24.2 Å². The summed E-state index contributed by atoms with van der Waals surface area (Å²) in [5.74, 6) is 1.90. The molecule has 0 saturated carbocycles. The van der Waals surface area contributed by atoms with E-state index in [1.165, 1.54) is 0 Å². The first kappa shape index (κ1) is 19.4. The number of benzene rings is 2. The molecule has 1 aromatic heterocycles. The Morgan fingerprint density at radius 1 is 1.14 bits per heavy atom. The van der Waals surface area contributed by atoms with Crippen molar-refractivity contribution in [2.45, 2.75) is 19.8 Å². The van der Waals surface area contributed by atoms with Crippen molar-refractivity contribution in [2.75, 3.05) is 20.3 Å². The Morgan fingerprint density at radius 2 is 1.93 bits per heavy atom. The number of rotatable bonds is 9. The zero-order chi connectivity index (χ0) is 19.8. The minimum atomic E-state index is -0.160. The molecular formula is C21H23N3O4. The zero-order valence-corrected chi connectivity index (χ0v) is 16.0. The lowest BCUT2D eigenvalue weighted by atomic mass is 10.2. The molecule has 0 radical (unpaired) electrons. The van der Waals surface area contributed by atoms with E-state index in [2.05, 4.69) is 22.4 Å². The first-order chi connectivity index (χ1) is 13.7. The SMILES string of the molecule is CCCCNC(=O)COc1ccccc1-c1nc(-c2ccc(OC)cc2)no1. The predicted octanol–water partition coefficient (Wildman–Crippen LogP) is 3.71. The van der Waals surface area contributed by atoms with Gasteiger partial charge in [-0.3, -0.25) is 4.79 Å². The molecule has 28 heavy (non-hydrogen) atoms. The largest absolute Gasteiger partial charge is 0.497 e. The summed E-state index contributed by atoms with van der Waals surface area (Å²) in [6, 6.07) is 14.6. The molecule has 7 heteroatoms. The molecule has 3 rings (SSSR count). The first-order valence-electron chi connectivity index (χ1n) is 9.18. The van der Waals surface area contributed by atoms with Crippen LogP contribution in [0.4, 0.5) is 0 Å². The maximum Gasteiger partial charge on any atom is 0.262 e. The third kappa shape index (κ3) is 4.88. The zero-order valence-electron chi connectivity index (χ0n) is 16.0. The van der Waals surface area contributed by atoms with Gasteiger partial charge in [0.05, 0.1) is 12.7 Å². The Labute approximate surface area is 163 Å². The van der Waals surface area contributed by atoms with E-state index in [9.17, 15) is 4.79 Å². The summed E-state index contributed by atoms with van der Waals surface area (Å²) in [6.07, 6.45) is 1.97. The molecule has 0 bridgehead atoms. The highest BCUT2D eigenvalue weighted by Crippen LogP contribution is 2.30. The molecular weight excluding hydrogens is 358 g/mol. The van der Waals surface area contributed by atoms with Gasteiger partial charge in [0.15, 0.2) is 6.61 Å². The number of carbonyl (C=O) groups is 1. The summed E-state index contributed by atoms with van der Waals surface area (Å²) in [4.78, 5) is 16.3. The second-order valence-electron chi connectivity index (χ2n) is 6.14. The van der Waals surface area contributed by atoms with Gasteiger partial charge in [0.25, 0.3) is 11.8 Å². The molecule has 3 aromatic rings. The Kier molecular flexibility index (Phi) is 6.62. The maximum atomic E-state index is 11.9. The van der Waals surface area contributed by atoms with Crippen LogP contribution in [0.2, 0.25) is 0 Å². The second kappa shape index (κ2) is 9.55. The van der Waals surface area contributed by atoms with Gasteiger partial charge in [-0.25, -0.2) is 0 Å². The second-order valence-corrected chi connectivity index (χ2v) is 6.14. The Hall–Kier alpha value is -3.35. The van der Waals surface area contributed by atoms with Crippen molar-refractivity contribution < 1.29 is 18.8 Å². The topological polar surface area (TPSA) is 86.5 Å². The van der Waals surface area contributed by atoms with Crippen molar-refractivity contribution in [1.29, 1.82) is 0 Å². The molecule has 1 heterocycles. The van der Waals surface area contributed by atoms with E-state index in [-0.39, 0.29) is 12.5 Å². The van der Waals surface area contributed by atoms with Crippen LogP contribution in [0.15, 0.2) is 53.1 Å². The minimum Gasteiger partial charge on any atom is -0.497 e. The number of hydrogen-bond acceptors (Lipinski definition) is 6. The van der Waals surface area contributed by atoms with Crippen molar-refractivity contribution in [1.82, 2.24) is 15.5 Å². The van der Waals surface area contributed by atoms with Crippen LogP contribution < -0.4 is 14.8 Å². The molecule has 1 N–H and O–H groups in total. The summed E-state index contributed by atoms with van der Waals surface area (Å²) in [7, 11) is 1.61. The Balaban J connectivity index is 1.72. The summed E-state index contributed by atoms with van der Waals surface area (Å²) in [6.45, 7) is 2.65. The molecule has 0 atom stereocenters. The highest BCUT2D eigenvalue weighted by Gasteiger charge is 2.15. The fourth-order valence-corrected chi connectivity index (χ4v) is 2.56. The van der Waals surface area contributed by atoms with E-state index in [4.69, 9.17) is 14.0 Å². The van der Waals surface area contributed by atoms with E-state index >= 15 is 0 Å². The van der Waals surface area contributed by atoms with Crippen LogP contribution in [0.25, 0.3) is 22.8 Å². The number of amides is 1.